The van der Waals surface area contributed by atoms with Crippen LogP contribution < -0.4 is 19.7 Å². The van der Waals surface area contributed by atoms with E-state index in [2.05, 4.69) is 19.7 Å². The highest BCUT2D eigenvalue weighted by atomic mass is 35.5. The van der Waals surface area contributed by atoms with E-state index >= 15 is 0 Å². The number of ether oxygens (including phenoxy) is 1. The van der Waals surface area contributed by atoms with E-state index in [1.54, 1.807) is 18.2 Å². The molecule has 0 spiro atoms. The fourth-order valence-corrected chi connectivity index (χ4v) is 4.23. The molecule has 2 N–H and O–H groups in total. The van der Waals surface area contributed by atoms with E-state index < -0.39 is 16.6 Å². The van der Waals surface area contributed by atoms with Crippen molar-refractivity contribution in [1.29, 1.82) is 0 Å². The number of nitrogens with zero attached hydrogens (tertiary/aromatic N) is 1. The quantitative estimate of drug-likeness (QED) is 0.707. The maximum atomic E-state index is 12.9. The Morgan fingerprint density at radius 3 is 2.66 bits per heavy atom. The molecule has 1 fully saturated rings. The summed E-state index contributed by atoms with van der Waals surface area (Å²) in [5, 5.41) is 3.32. The van der Waals surface area contributed by atoms with E-state index in [-0.39, 0.29) is 28.7 Å². The average molecular weight is 448 g/mol. The van der Waals surface area contributed by atoms with Crippen LogP contribution in [0.2, 0.25) is 0 Å². The smallest absolute Gasteiger partial charge is 0.387 e. The number of anilines is 2. The van der Waals surface area contributed by atoms with Crippen molar-refractivity contribution in [1.82, 2.24) is 5.32 Å². The van der Waals surface area contributed by atoms with E-state index in [0.717, 1.165) is 43.9 Å². The number of sulfonamides is 1. The molecule has 0 unspecified atom stereocenters. The number of alkyl halides is 2. The van der Waals surface area contributed by atoms with E-state index in [1.165, 1.54) is 24.3 Å². The number of halogens is 3. The van der Waals surface area contributed by atoms with Crippen LogP contribution in [0.4, 0.5) is 20.2 Å². The Kier molecular flexibility index (Phi) is 8.06. The first-order valence-corrected chi connectivity index (χ1v) is 10.5. The average Bonchev–Trinajstić information content (AvgIpc) is 2.92. The molecular formula is C19H24ClF2N3O3S. The minimum absolute atomic E-state index is 0. The molecule has 29 heavy (non-hydrogen) atoms. The SMILES string of the molecule is Cc1ccc(S(=O)(=O)Nc2ccccc2OC(F)F)cc1N1CCCNCC1.Cl. The van der Waals surface area contributed by atoms with Crippen molar-refractivity contribution in [3.8, 4) is 5.75 Å². The fourth-order valence-electron chi connectivity index (χ4n) is 3.14. The van der Waals surface area contributed by atoms with Crippen LogP contribution in [-0.4, -0.2) is 41.2 Å². The van der Waals surface area contributed by atoms with Crippen LogP contribution in [0.3, 0.4) is 0 Å². The fraction of sp³-hybridized carbons (Fsp3) is 0.368. The highest BCUT2D eigenvalue weighted by Gasteiger charge is 2.20. The molecule has 1 aliphatic rings. The highest BCUT2D eigenvalue weighted by Crippen LogP contribution is 2.30. The summed E-state index contributed by atoms with van der Waals surface area (Å²) in [5.41, 5.74) is 1.79. The topological polar surface area (TPSA) is 70.7 Å². The highest BCUT2D eigenvalue weighted by molar-refractivity contribution is 7.92. The first kappa shape index (κ1) is 23.2. The van der Waals surface area contributed by atoms with Crippen molar-refractivity contribution >= 4 is 33.8 Å². The molecule has 1 aliphatic heterocycles. The number of nitrogens with one attached hydrogen (secondary N) is 2. The maximum Gasteiger partial charge on any atom is 0.387 e. The molecule has 0 aromatic heterocycles. The summed E-state index contributed by atoms with van der Waals surface area (Å²) in [6, 6.07) is 10.6. The standard InChI is InChI=1S/C19H23F2N3O3S.ClH/c1-14-7-8-15(13-17(14)24-11-4-9-22-10-12-24)28(25,26)23-16-5-2-3-6-18(16)27-19(20)21;/h2-3,5-8,13,19,22-23H,4,9-12H2,1H3;1H. The molecule has 0 radical (unpaired) electrons. The lowest BCUT2D eigenvalue weighted by Gasteiger charge is -2.25. The Balaban J connectivity index is 0.00000300. The summed E-state index contributed by atoms with van der Waals surface area (Å²) >= 11 is 0. The molecule has 0 amide bonds. The molecule has 1 heterocycles. The van der Waals surface area contributed by atoms with Crippen LogP contribution in [0.5, 0.6) is 5.75 Å². The predicted octanol–water partition coefficient (Wildman–Crippen LogP) is 3.62. The van der Waals surface area contributed by atoms with E-state index in [1.807, 2.05) is 6.92 Å². The molecule has 0 atom stereocenters. The molecule has 10 heteroatoms. The third kappa shape index (κ3) is 5.94. The maximum absolute atomic E-state index is 12.9. The summed E-state index contributed by atoms with van der Waals surface area (Å²) in [5.74, 6) is -0.230. The van der Waals surface area contributed by atoms with Gasteiger partial charge < -0.3 is 15.0 Å². The molecule has 0 bridgehead atoms. The summed E-state index contributed by atoms with van der Waals surface area (Å²) in [4.78, 5) is 2.22. The second-order valence-corrected chi connectivity index (χ2v) is 8.20. The van der Waals surface area contributed by atoms with E-state index in [0.29, 0.717) is 0 Å². The van der Waals surface area contributed by atoms with E-state index in [9.17, 15) is 17.2 Å². The van der Waals surface area contributed by atoms with Gasteiger partial charge in [0.25, 0.3) is 10.0 Å². The number of benzene rings is 2. The van der Waals surface area contributed by atoms with Crippen LogP contribution in [0.1, 0.15) is 12.0 Å². The van der Waals surface area contributed by atoms with Crippen molar-refractivity contribution in [2.75, 3.05) is 35.8 Å². The lowest BCUT2D eigenvalue weighted by Crippen LogP contribution is -2.28. The molecule has 160 valence electrons. The van der Waals surface area contributed by atoms with Gasteiger partial charge in [0.15, 0.2) is 0 Å². The van der Waals surface area contributed by atoms with E-state index in [4.69, 9.17) is 0 Å². The first-order chi connectivity index (χ1) is 13.4. The first-order valence-electron chi connectivity index (χ1n) is 9.00. The van der Waals surface area contributed by atoms with Crippen LogP contribution in [0.15, 0.2) is 47.4 Å². The molecule has 2 aromatic carbocycles. The molecule has 6 nitrogen and oxygen atoms in total. The number of para-hydroxylation sites is 2. The van der Waals surface area contributed by atoms with Gasteiger partial charge in [-0.25, -0.2) is 8.42 Å². The summed E-state index contributed by atoms with van der Waals surface area (Å²) in [6.45, 7) is 2.25. The zero-order valence-electron chi connectivity index (χ0n) is 15.9. The second-order valence-electron chi connectivity index (χ2n) is 6.52. The Morgan fingerprint density at radius 1 is 1.14 bits per heavy atom. The minimum atomic E-state index is -3.98. The zero-order chi connectivity index (χ0) is 20.1. The molecule has 2 aromatic rings. The largest absolute Gasteiger partial charge is 0.433 e. The summed E-state index contributed by atoms with van der Waals surface area (Å²) in [6.07, 6.45) is 0.965. The van der Waals surface area contributed by atoms with Gasteiger partial charge in [0.1, 0.15) is 5.75 Å². The minimum Gasteiger partial charge on any atom is -0.433 e. The second kappa shape index (κ2) is 10.1. The van der Waals surface area contributed by atoms with Crippen LogP contribution in [-0.2, 0) is 10.0 Å². The van der Waals surface area contributed by atoms with Crippen molar-refractivity contribution in [3.63, 3.8) is 0 Å². The van der Waals surface area contributed by atoms with Gasteiger partial charge in [0.2, 0.25) is 0 Å². The lowest BCUT2D eigenvalue weighted by atomic mass is 10.1. The van der Waals surface area contributed by atoms with Gasteiger partial charge in [-0.3, -0.25) is 4.72 Å². The monoisotopic (exact) mass is 447 g/mol. The summed E-state index contributed by atoms with van der Waals surface area (Å²) < 4.78 is 57.7. The van der Waals surface area contributed by atoms with Gasteiger partial charge in [-0.1, -0.05) is 18.2 Å². The molecule has 0 saturated carbocycles. The Bertz CT molecular complexity index is 921. The van der Waals surface area contributed by atoms with Crippen molar-refractivity contribution in [2.24, 2.45) is 0 Å². The lowest BCUT2D eigenvalue weighted by molar-refractivity contribution is -0.0493. The molecule has 1 saturated heterocycles. The number of hydrogen-bond donors (Lipinski definition) is 2. The Hall–Kier alpha value is -2.10. The number of rotatable bonds is 6. The van der Waals surface area contributed by atoms with Crippen molar-refractivity contribution < 1.29 is 21.9 Å². The molecular weight excluding hydrogens is 424 g/mol. The van der Waals surface area contributed by atoms with Crippen LogP contribution in [0, 0.1) is 6.92 Å². The van der Waals surface area contributed by atoms with Crippen molar-refractivity contribution in [2.45, 2.75) is 24.9 Å². The van der Waals surface area contributed by atoms with Gasteiger partial charge in [-0.2, -0.15) is 8.78 Å². The third-order valence-electron chi connectivity index (χ3n) is 4.52. The van der Waals surface area contributed by atoms with Crippen molar-refractivity contribution in [3.05, 3.63) is 48.0 Å². The normalized spacial score (nSPS) is 14.8. The zero-order valence-corrected chi connectivity index (χ0v) is 17.5. The number of hydrogen-bond acceptors (Lipinski definition) is 5. The molecule has 0 aliphatic carbocycles. The predicted molar refractivity (Wildman–Crippen MR) is 112 cm³/mol. The van der Waals surface area contributed by atoms with Gasteiger partial charge >= 0.3 is 6.61 Å². The third-order valence-corrected chi connectivity index (χ3v) is 5.88. The van der Waals surface area contributed by atoms with Crippen LogP contribution >= 0.6 is 12.4 Å². The van der Waals surface area contributed by atoms with Gasteiger partial charge in [-0.05, 0) is 49.7 Å². The van der Waals surface area contributed by atoms with Crippen LogP contribution in [0.25, 0.3) is 0 Å². The van der Waals surface area contributed by atoms with Gasteiger partial charge in [-0.15, -0.1) is 12.4 Å². The van der Waals surface area contributed by atoms with Gasteiger partial charge in [0, 0.05) is 25.3 Å². The molecule has 3 rings (SSSR count). The Morgan fingerprint density at radius 2 is 1.90 bits per heavy atom. The Labute approximate surface area is 175 Å². The number of aryl methyl sites for hydroxylation is 1. The summed E-state index contributed by atoms with van der Waals surface area (Å²) in [7, 11) is -3.98. The van der Waals surface area contributed by atoms with Gasteiger partial charge in [0.05, 0.1) is 10.6 Å².